The van der Waals surface area contributed by atoms with Gasteiger partial charge < -0.3 is 0 Å². The average Bonchev–Trinajstić information content (AvgIpc) is 3.72. The molecule has 0 unspecified atom stereocenters. The molecule has 1 aromatic carbocycles. The highest BCUT2D eigenvalue weighted by Gasteiger charge is 2.30. The SMILES string of the molecule is Cc1ccc2cc([C@H]3CC[C@H](c4c(C)cccc4F)CC3)c(=O)n(Cc3ncccc3C3CC3)c2n1. The highest BCUT2D eigenvalue weighted by atomic mass is 19.1. The van der Waals surface area contributed by atoms with Gasteiger partial charge in [-0.15, -0.1) is 0 Å². The molecule has 0 bridgehead atoms. The van der Waals surface area contributed by atoms with Crippen LogP contribution in [0.15, 0.2) is 59.5 Å². The van der Waals surface area contributed by atoms with E-state index in [-0.39, 0.29) is 23.2 Å². The molecule has 2 aliphatic rings. The van der Waals surface area contributed by atoms with E-state index in [1.54, 1.807) is 12.1 Å². The van der Waals surface area contributed by atoms with Gasteiger partial charge in [0.2, 0.25) is 0 Å². The summed E-state index contributed by atoms with van der Waals surface area (Å²) in [5.41, 5.74) is 6.64. The van der Waals surface area contributed by atoms with Crippen LogP contribution in [-0.4, -0.2) is 14.5 Å². The summed E-state index contributed by atoms with van der Waals surface area (Å²) in [6.07, 6.45) is 7.75. The van der Waals surface area contributed by atoms with E-state index >= 15 is 0 Å². The predicted molar refractivity (Wildman–Crippen MR) is 141 cm³/mol. The van der Waals surface area contributed by atoms with Gasteiger partial charge in [0.05, 0.1) is 12.2 Å². The fourth-order valence-corrected chi connectivity index (χ4v) is 6.16. The third-order valence-corrected chi connectivity index (χ3v) is 8.20. The summed E-state index contributed by atoms with van der Waals surface area (Å²) in [6.45, 7) is 4.40. The molecule has 3 aromatic heterocycles. The number of benzene rings is 1. The van der Waals surface area contributed by atoms with Crippen molar-refractivity contribution in [3.05, 3.63) is 105 Å². The lowest BCUT2D eigenvalue weighted by Gasteiger charge is -2.30. The molecular formula is C31H32FN3O. The van der Waals surface area contributed by atoms with E-state index in [2.05, 4.69) is 23.2 Å². The monoisotopic (exact) mass is 481 g/mol. The first-order chi connectivity index (χ1) is 17.5. The highest BCUT2D eigenvalue weighted by Crippen LogP contribution is 2.43. The Bertz CT molecular complexity index is 1480. The zero-order valence-corrected chi connectivity index (χ0v) is 21.0. The number of halogens is 1. The third-order valence-electron chi connectivity index (χ3n) is 8.20. The Hall–Kier alpha value is -3.34. The molecule has 0 aliphatic heterocycles. The maximum absolute atomic E-state index is 14.6. The Morgan fingerprint density at radius 1 is 0.889 bits per heavy atom. The Balaban J connectivity index is 1.36. The van der Waals surface area contributed by atoms with Crippen LogP contribution in [0.4, 0.5) is 4.39 Å². The van der Waals surface area contributed by atoms with Crippen molar-refractivity contribution in [2.45, 2.75) is 76.7 Å². The molecule has 0 atom stereocenters. The molecule has 0 spiro atoms. The molecule has 0 N–H and O–H groups in total. The topological polar surface area (TPSA) is 47.8 Å². The van der Waals surface area contributed by atoms with Crippen LogP contribution in [0.2, 0.25) is 0 Å². The van der Waals surface area contributed by atoms with Gasteiger partial charge >= 0.3 is 0 Å². The van der Waals surface area contributed by atoms with Gasteiger partial charge in [-0.2, -0.15) is 0 Å². The van der Waals surface area contributed by atoms with Crippen molar-refractivity contribution < 1.29 is 4.39 Å². The quantitative estimate of drug-likeness (QED) is 0.311. The van der Waals surface area contributed by atoms with Crippen molar-refractivity contribution in [1.29, 1.82) is 0 Å². The molecule has 6 rings (SSSR count). The van der Waals surface area contributed by atoms with Gasteiger partial charge in [0.1, 0.15) is 11.5 Å². The van der Waals surface area contributed by atoms with Gasteiger partial charge in [-0.25, -0.2) is 9.37 Å². The molecule has 2 aliphatic carbocycles. The molecule has 36 heavy (non-hydrogen) atoms. The van der Waals surface area contributed by atoms with E-state index in [0.29, 0.717) is 12.5 Å². The van der Waals surface area contributed by atoms with Crippen LogP contribution in [0.5, 0.6) is 0 Å². The van der Waals surface area contributed by atoms with Gasteiger partial charge in [-0.3, -0.25) is 14.3 Å². The zero-order valence-electron chi connectivity index (χ0n) is 21.0. The van der Waals surface area contributed by atoms with Crippen molar-refractivity contribution in [1.82, 2.24) is 14.5 Å². The first kappa shape index (κ1) is 23.1. The van der Waals surface area contributed by atoms with E-state index < -0.39 is 0 Å². The number of rotatable bonds is 5. The highest BCUT2D eigenvalue weighted by molar-refractivity contribution is 5.76. The summed E-state index contributed by atoms with van der Waals surface area (Å²) in [5.74, 6) is 0.842. The number of hydrogen-bond acceptors (Lipinski definition) is 3. The average molecular weight is 482 g/mol. The minimum atomic E-state index is -0.102. The molecule has 4 nitrogen and oxygen atoms in total. The van der Waals surface area contributed by atoms with Crippen molar-refractivity contribution >= 4 is 11.0 Å². The second kappa shape index (κ2) is 9.27. The number of hydrogen-bond donors (Lipinski definition) is 0. The summed E-state index contributed by atoms with van der Waals surface area (Å²) < 4.78 is 16.5. The standard InChI is InChI=1S/C31H32FN3O/c1-19-5-3-7-27(32)29(19)23-14-12-22(13-15-23)26-17-24-9-8-20(2)34-30(24)35(31(26)36)18-28-25(21-10-11-21)6-4-16-33-28/h3-9,16-17,21-23H,10-15,18H2,1-2H3/t22-,23-. The molecular weight excluding hydrogens is 449 g/mol. The molecule has 0 saturated heterocycles. The molecule has 2 saturated carbocycles. The lowest BCUT2D eigenvalue weighted by Crippen LogP contribution is -2.29. The van der Waals surface area contributed by atoms with Crippen LogP contribution in [0.25, 0.3) is 11.0 Å². The fourth-order valence-electron chi connectivity index (χ4n) is 6.16. The number of aryl methyl sites for hydroxylation is 2. The largest absolute Gasteiger partial charge is 0.286 e. The van der Waals surface area contributed by atoms with Crippen LogP contribution in [-0.2, 0) is 6.54 Å². The molecule has 184 valence electrons. The van der Waals surface area contributed by atoms with Crippen LogP contribution in [0.3, 0.4) is 0 Å². The molecule has 4 aromatic rings. The maximum atomic E-state index is 14.6. The summed E-state index contributed by atoms with van der Waals surface area (Å²) in [5, 5.41) is 0.992. The Labute approximate surface area is 211 Å². The lowest BCUT2D eigenvalue weighted by molar-refractivity contribution is 0.384. The van der Waals surface area contributed by atoms with Crippen molar-refractivity contribution in [3.8, 4) is 0 Å². The third kappa shape index (κ3) is 4.25. The molecule has 3 heterocycles. The minimum Gasteiger partial charge on any atom is -0.286 e. The molecule has 0 amide bonds. The van der Waals surface area contributed by atoms with E-state index in [1.165, 1.54) is 18.4 Å². The van der Waals surface area contributed by atoms with E-state index in [4.69, 9.17) is 4.98 Å². The number of fused-ring (bicyclic) bond motifs is 1. The fraction of sp³-hybridized carbons (Fsp3) is 0.387. The lowest BCUT2D eigenvalue weighted by atomic mass is 9.75. The van der Waals surface area contributed by atoms with Crippen LogP contribution >= 0.6 is 0 Å². The van der Waals surface area contributed by atoms with Gasteiger partial charge in [0.25, 0.3) is 5.56 Å². The van der Waals surface area contributed by atoms with Gasteiger partial charge in [-0.1, -0.05) is 18.2 Å². The first-order valence-electron chi connectivity index (χ1n) is 13.2. The van der Waals surface area contributed by atoms with E-state index in [9.17, 15) is 9.18 Å². The summed E-state index contributed by atoms with van der Waals surface area (Å²) in [4.78, 5) is 23.4. The second-order valence-corrected chi connectivity index (χ2v) is 10.7. The van der Waals surface area contributed by atoms with Crippen LogP contribution in [0, 0.1) is 19.7 Å². The summed E-state index contributed by atoms with van der Waals surface area (Å²) in [6, 6.07) is 15.6. The van der Waals surface area contributed by atoms with Crippen LogP contribution in [0.1, 0.15) is 89.9 Å². The maximum Gasteiger partial charge on any atom is 0.256 e. The smallest absolute Gasteiger partial charge is 0.256 e. The molecule has 2 fully saturated rings. The number of aromatic nitrogens is 3. The number of nitrogens with zero attached hydrogens (tertiary/aromatic N) is 3. The second-order valence-electron chi connectivity index (χ2n) is 10.7. The summed E-state index contributed by atoms with van der Waals surface area (Å²) in [7, 11) is 0. The van der Waals surface area contributed by atoms with Gasteiger partial charge in [0.15, 0.2) is 0 Å². The van der Waals surface area contributed by atoms with Gasteiger partial charge in [0, 0.05) is 22.8 Å². The summed E-state index contributed by atoms with van der Waals surface area (Å²) >= 11 is 0. The van der Waals surface area contributed by atoms with Crippen molar-refractivity contribution in [3.63, 3.8) is 0 Å². The van der Waals surface area contributed by atoms with Crippen LogP contribution < -0.4 is 5.56 Å². The normalized spacial score (nSPS) is 20.1. The Morgan fingerprint density at radius 3 is 2.36 bits per heavy atom. The minimum absolute atomic E-state index is 0.0403. The van der Waals surface area contributed by atoms with Crippen molar-refractivity contribution in [2.24, 2.45) is 0 Å². The van der Waals surface area contributed by atoms with Crippen molar-refractivity contribution in [2.75, 3.05) is 0 Å². The Kier molecular flexibility index (Phi) is 5.94. The zero-order chi connectivity index (χ0) is 24.8. The molecule has 5 heteroatoms. The first-order valence-corrected chi connectivity index (χ1v) is 13.2. The predicted octanol–water partition coefficient (Wildman–Crippen LogP) is 6.91. The van der Waals surface area contributed by atoms with E-state index in [1.807, 2.05) is 42.8 Å². The van der Waals surface area contributed by atoms with E-state index in [0.717, 1.165) is 64.8 Å². The van der Waals surface area contributed by atoms with Gasteiger partial charge in [-0.05, 0) is 117 Å². The molecule has 0 radical (unpaired) electrons. The number of pyridine rings is 3. The Morgan fingerprint density at radius 2 is 1.61 bits per heavy atom.